The SMILES string of the molecule is C(=C\c1ccc2c(c1)C1(CCCCC1)c1cc(/C=C/c3ccc(-c4ccc5c(c4)c4ccccc4n5-c4ccccc4)cc3)ccc1-2)/c1ccc(-c2ccc3c(c2)c2ccccc2n3-c2ccccc2)cc1. The fourth-order valence-corrected chi connectivity index (χ4v) is 12.4. The highest BCUT2D eigenvalue weighted by atomic mass is 15.0. The van der Waals surface area contributed by atoms with Gasteiger partial charge in [0.15, 0.2) is 0 Å². The monoisotopic (exact) mass is 920 g/mol. The zero-order chi connectivity index (χ0) is 47.6. The predicted octanol–water partition coefficient (Wildman–Crippen LogP) is 18.8. The molecule has 1 spiro atoms. The molecule has 2 heterocycles. The van der Waals surface area contributed by atoms with Crippen molar-refractivity contribution in [2.45, 2.75) is 37.5 Å². The third kappa shape index (κ3) is 7.09. The van der Waals surface area contributed by atoms with E-state index in [2.05, 4.69) is 264 Å². The summed E-state index contributed by atoms with van der Waals surface area (Å²) in [6.07, 6.45) is 15.4. The van der Waals surface area contributed by atoms with E-state index in [4.69, 9.17) is 0 Å². The van der Waals surface area contributed by atoms with Gasteiger partial charge in [0.25, 0.3) is 0 Å². The lowest BCUT2D eigenvalue weighted by atomic mass is 9.67. The molecule has 2 aromatic heterocycles. The number of hydrogen-bond donors (Lipinski definition) is 0. The number of nitrogens with zero attached hydrogens (tertiary/aromatic N) is 2. The third-order valence-corrected chi connectivity index (χ3v) is 15.9. The summed E-state index contributed by atoms with van der Waals surface area (Å²) < 4.78 is 4.75. The third-order valence-electron chi connectivity index (χ3n) is 15.9. The van der Waals surface area contributed by atoms with Crippen molar-refractivity contribution in [1.29, 1.82) is 0 Å². The summed E-state index contributed by atoms with van der Waals surface area (Å²) in [7, 11) is 0. The first-order chi connectivity index (χ1) is 35.6. The Hall–Kier alpha value is -8.72. The van der Waals surface area contributed by atoms with E-state index in [1.807, 2.05) is 0 Å². The first-order valence-corrected chi connectivity index (χ1v) is 25.7. The van der Waals surface area contributed by atoms with Crippen LogP contribution in [0, 0.1) is 0 Å². The first kappa shape index (κ1) is 42.2. The molecule has 0 bridgehead atoms. The van der Waals surface area contributed by atoms with Gasteiger partial charge in [-0.3, -0.25) is 0 Å². The molecule has 0 radical (unpaired) electrons. The number of fused-ring (bicyclic) bond motifs is 11. The van der Waals surface area contributed by atoms with Crippen molar-refractivity contribution in [3.63, 3.8) is 0 Å². The maximum Gasteiger partial charge on any atom is 0.0541 e. The molecule has 0 amide bonds. The van der Waals surface area contributed by atoms with Crippen molar-refractivity contribution in [3.8, 4) is 44.8 Å². The summed E-state index contributed by atoms with van der Waals surface area (Å²) in [6, 6.07) is 85.2. The molecule has 2 aliphatic rings. The van der Waals surface area contributed by atoms with Gasteiger partial charge in [-0.2, -0.15) is 0 Å². The first-order valence-electron chi connectivity index (χ1n) is 25.7. The van der Waals surface area contributed by atoms with Gasteiger partial charge < -0.3 is 9.13 Å². The maximum atomic E-state index is 2.50. The average Bonchev–Trinajstić information content (AvgIpc) is 4.05. The fourth-order valence-electron chi connectivity index (χ4n) is 12.4. The lowest BCUT2D eigenvalue weighted by Gasteiger charge is -2.36. The molecule has 14 rings (SSSR count). The van der Waals surface area contributed by atoms with E-state index < -0.39 is 0 Å². The van der Waals surface area contributed by atoms with Gasteiger partial charge in [0.1, 0.15) is 0 Å². The lowest BCUT2D eigenvalue weighted by Crippen LogP contribution is -2.28. The van der Waals surface area contributed by atoms with Crippen LogP contribution in [-0.4, -0.2) is 9.13 Å². The highest BCUT2D eigenvalue weighted by Gasteiger charge is 2.43. The average molecular weight is 921 g/mol. The highest BCUT2D eigenvalue weighted by molar-refractivity contribution is 6.11. The van der Waals surface area contributed by atoms with Crippen LogP contribution in [0.25, 0.3) is 113 Å². The van der Waals surface area contributed by atoms with E-state index in [1.54, 1.807) is 0 Å². The molecule has 342 valence electrons. The van der Waals surface area contributed by atoms with E-state index in [1.165, 1.54) is 154 Å². The molecule has 0 atom stereocenters. The normalized spacial score (nSPS) is 14.1. The predicted molar refractivity (Wildman–Crippen MR) is 306 cm³/mol. The molecule has 0 aliphatic heterocycles. The van der Waals surface area contributed by atoms with Gasteiger partial charge in [-0.15, -0.1) is 0 Å². The molecule has 1 saturated carbocycles. The van der Waals surface area contributed by atoms with Crippen LogP contribution < -0.4 is 0 Å². The molecule has 0 saturated heterocycles. The summed E-state index contributed by atoms with van der Waals surface area (Å²) in [5, 5.41) is 5.09. The van der Waals surface area contributed by atoms with Crippen LogP contribution in [0.2, 0.25) is 0 Å². The van der Waals surface area contributed by atoms with E-state index >= 15 is 0 Å². The van der Waals surface area contributed by atoms with Crippen LogP contribution in [0.3, 0.4) is 0 Å². The Morgan fingerprint density at radius 2 is 0.667 bits per heavy atom. The Labute approximate surface area is 421 Å². The molecule has 12 aromatic rings. The number of rotatable bonds is 8. The summed E-state index contributed by atoms with van der Waals surface area (Å²) in [6.45, 7) is 0. The van der Waals surface area contributed by atoms with Gasteiger partial charge in [-0.1, -0.05) is 213 Å². The molecule has 10 aromatic carbocycles. The van der Waals surface area contributed by atoms with E-state index in [0.29, 0.717) is 0 Å². The lowest BCUT2D eigenvalue weighted by molar-refractivity contribution is 0.353. The van der Waals surface area contributed by atoms with E-state index in [-0.39, 0.29) is 5.41 Å². The molecule has 2 heteroatoms. The Morgan fingerprint density at radius 1 is 0.292 bits per heavy atom. The zero-order valence-electron chi connectivity index (χ0n) is 40.2. The van der Waals surface area contributed by atoms with Crippen LogP contribution in [0.1, 0.15) is 65.5 Å². The minimum absolute atomic E-state index is 0.0584. The minimum atomic E-state index is 0.0584. The maximum absolute atomic E-state index is 2.50. The molecule has 0 unspecified atom stereocenters. The molecule has 0 N–H and O–H groups in total. The van der Waals surface area contributed by atoms with Gasteiger partial charge in [-0.25, -0.2) is 0 Å². The topological polar surface area (TPSA) is 9.86 Å². The highest BCUT2D eigenvalue weighted by Crippen LogP contribution is 2.56. The Morgan fingerprint density at radius 3 is 1.12 bits per heavy atom. The smallest absolute Gasteiger partial charge is 0.0541 e. The van der Waals surface area contributed by atoms with Crippen LogP contribution in [0.4, 0.5) is 0 Å². The molecule has 1 fully saturated rings. The van der Waals surface area contributed by atoms with Crippen LogP contribution in [-0.2, 0) is 5.41 Å². The number of para-hydroxylation sites is 4. The van der Waals surface area contributed by atoms with Crippen molar-refractivity contribution < 1.29 is 0 Å². The summed E-state index contributed by atoms with van der Waals surface area (Å²) in [4.78, 5) is 0. The Bertz CT molecular complexity index is 3820. The fraction of sp³-hybridized carbons (Fsp3) is 0.0857. The summed E-state index contributed by atoms with van der Waals surface area (Å²) >= 11 is 0. The van der Waals surface area contributed by atoms with Crippen molar-refractivity contribution in [2.24, 2.45) is 0 Å². The van der Waals surface area contributed by atoms with Gasteiger partial charge in [0.2, 0.25) is 0 Å². The Kier molecular flexibility index (Phi) is 10.1. The minimum Gasteiger partial charge on any atom is -0.309 e. The molecule has 2 nitrogen and oxygen atoms in total. The largest absolute Gasteiger partial charge is 0.309 e. The second-order valence-electron chi connectivity index (χ2n) is 20.0. The van der Waals surface area contributed by atoms with Crippen molar-refractivity contribution in [1.82, 2.24) is 9.13 Å². The molecular weight excluding hydrogens is 869 g/mol. The quantitative estimate of drug-likeness (QED) is 0.134. The van der Waals surface area contributed by atoms with Gasteiger partial charge >= 0.3 is 0 Å². The summed E-state index contributed by atoms with van der Waals surface area (Å²) in [5.41, 5.74) is 23.0. The van der Waals surface area contributed by atoms with Crippen molar-refractivity contribution in [3.05, 3.63) is 264 Å². The van der Waals surface area contributed by atoms with Gasteiger partial charge in [0.05, 0.1) is 22.1 Å². The number of benzene rings is 10. The van der Waals surface area contributed by atoms with Gasteiger partial charge in [-0.05, 0) is 140 Å². The van der Waals surface area contributed by atoms with E-state index in [9.17, 15) is 0 Å². The summed E-state index contributed by atoms with van der Waals surface area (Å²) in [5.74, 6) is 0. The molecule has 72 heavy (non-hydrogen) atoms. The number of aromatic nitrogens is 2. The second-order valence-corrected chi connectivity index (χ2v) is 20.0. The van der Waals surface area contributed by atoms with Crippen LogP contribution in [0.5, 0.6) is 0 Å². The zero-order valence-corrected chi connectivity index (χ0v) is 40.2. The van der Waals surface area contributed by atoms with Crippen molar-refractivity contribution >= 4 is 67.9 Å². The van der Waals surface area contributed by atoms with E-state index in [0.717, 1.165) is 0 Å². The standard InChI is InChI=1S/C70H52N2/c1-4-14-56(15-5-1)71-66-20-10-8-18-60(66)62-46-54(36-40-68(62)71)52-32-26-48(27-33-52)22-24-50-30-38-58-59-39-31-51(45-65(59)70(64(58)44-50)42-12-3-13-43-70)25-23-49-28-34-53(35-29-49)55-37-41-69-63(47-55)61-19-9-11-21-67(61)72(69)57-16-6-2-7-17-57/h1-2,4-11,14-41,44-47H,3,12-13,42-43H2/b24-22+,25-23+. The molecule has 2 aliphatic carbocycles. The van der Waals surface area contributed by atoms with Crippen LogP contribution >= 0.6 is 0 Å². The van der Waals surface area contributed by atoms with Crippen molar-refractivity contribution in [2.75, 3.05) is 0 Å². The Balaban J connectivity index is 0.706. The van der Waals surface area contributed by atoms with Gasteiger partial charge in [0, 0.05) is 38.3 Å². The van der Waals surface area contributed by atoms with Crippen LogP contribution in [0.15, 0.2) is 231 Å². The number of hydrogen-bond acceptors (Lipinski definition) is 0. The molecular formula is C70H52N2. The second kappa shape index (κ2) is 17.3.